The zero-order valence-electron chi connectivity index (χ0n) is 16.1. The first-order chi connectivity index (χ1) is 14.1. The highest BCUT2D eigenvalue weighted by molar-refractivity contribution is 6.05. The van der Waals surface area contributed by atoms with Crippen LogP contribution in [-0.2, 0) is 4.74 Å². The topological polar surface area (TPSA) is 89.6 Å². The lowest BCUT2D eigenvalue weighted by Crippen LogP contribution is -2.12. The molecule has 7 heteroatoms. The standard InChI is InChI=1S/C22H21N3O4/c1-3-29-19-7-5-4-6-18(19)25-20-14-16(12-13-23-20)21(26)24-17-10-8-15(9-11-17)22(27)28-2/h4-14H,3H2,1-2H3,(H,23,25)(H,24,26). The Morgan fingerprint density at radius 2 is 1.76 bits per heavy atom. The largest absolute Gasteiger partial charge is 0.492 e. The van der Waals surface area contributed by atoms with Gasteiger partial charge in [0, 0.05) is 17.4 Å². The van der Waals surface area contributed by atoms with Crippen LogP contribution >= 0.6 is 0 Å². The number of carbonyl (C=O) groups is 2. The highest BCUT2D eigenvalue weighted by atomic mass is 16.5. The maximum atomic E-state index is 12.6. The summed E-state index contributed by atoms with van der Waals surface area (Å²) in [6.45, 7) is 2.46. The van der Waals surface area contributed by atoms with Gasteiger partial charge in [-0.25, -0.2) is 9.78 Å². The summed E-state index contributed by atoms with van der Waals surface area (Å²) >= 11 is 0. The first-order valence-corrected chi connectivity index (χ1v) is 9.05. The number of esters is 1. The van der Waals surface area contributed by atoms with E-state index in [1.54, 1.807) is 42.6 Å². The Morgan fingerprint density at radius 1 is 1.00 bits per heavy atom. The summed E-state index contributed by atoms with van der Waals surface area (Å²) in [7, 11) is 1.32. The van der Waals surface area contributed by atoms with Gasteiger partial charge in [0.05, 0.1) is 25.0 Å². The van der Waals surface area contributed by atoms with Crippen molar-refractivity contribution in [2.45, 2.75) is 6.92 Å². The number of methoxy groups -OCH3 is 1. The third kappa shape index (κ3) is 5.10. The molecule has 3 rings (SSSR count). The molecule has 148 valence electrons. The third-order valence-corrected chi connectivity index (χ3v) is 4.04. The van der Waals surface area contributed by atoms with Crippen LogP contribution in [0.5, 0.6) is 5.75 Å². The van der Waals surface area contributed by atoms with Crippen LogP contribution in [-0.4, -0.2) is 30.6 Å². The fraction of sp³-hybridized carbons (Fsp3) is 0.136. The molecule has 29 heavy (non-hydrogen) atoms. The number of hydrogen-bond acceptors (Lipinski definition) is 6. The van der Waals surface area contributed by atoms with Crippen LogP contribution in [0.1, 0.15) is 27.6 Å². The molecule has 0 saturated carbocycles. The Kier molecular flexibility index (Phi) is 6.42. The van der Waals surface area contributed by atoms with Crippen molar-refractivity contribution in [1.82, 2.24) is 4.98 Å². The lowest BCUT2D eigenvalue weighted by Gasteiger charge is -2.12. The molecular weight excluding hydrogens is 370 g/mol. The summed E-state index contributed by atoms with van der Waals surface area (Å²) in [4.78, 5) is 28.3. The van der Waals surface area contributed by atoms with Crippen LogP contribution in [0.3, 0.4) is 0 Å². The minimum Gasteiger partial charge on any atom is -0.492 e. The van der Waals surface area contributed by atoms with Crippen molar-refractivity contribution in [1.29, 1.82) is 0 Å². The number of para-hydroxylation sites is 2. The highest BCUT2D eigenvalue weighted by Gasteiger charge is 2.10. The number of nitrogens with zero attached hydrogens (tertiary/aromatic N) is 1. The predicted molar refractivity (Wildman–Crippen MR) is 111 cm³/mol. The monoisotopic (exact) mass is 391 g/mol. The van der Waals surface area contributed by atoms with Crippen molar-refractivity contribution >= 4 is 29.1 Å². The van der Waals surface area contributed by atoms with Gasteiger partial charge in [0.2, 0.25) is 0 Å². The fourth-order valence-electron chi connectivity index (χ4n) is 2.64. The van der Waals surface area contributed by atoms with Crippen molar-refractivity contribution < 1.29 is 19.1 Å². The van der Waals surface area contributed by atoms with E-state index < -0.39 is 5.97 Å². The van der Waals surface area contributed by atoms with Gasteiger partial charge in [0.15, 0.2) is 0 Å². The number of amides is 1. The zero-order valence-corrected chi connectivity index (χ0v) is 16.1. The maximum Gasteiger partial charge on any atom is 0.337 e. The SMILES string of the molecule is CCOc1ccccc1Nc1cc(C(=O)Nc2ccc(C(=O)OC)cc2)ccn1. The summed E-state index contributed by atoms with van der Waals surface area (Å²) in [6.07, 6.45) is 1.56. The van der Waals surface area contributed by atoms with Crippen LogP contribution in [0, 0.1) is 0 Å². The molecular formula is C22H21N3O4. The maximum absolute atomic E-state index is 12.6. The van der Waals surface area contributed by atoms with Gasteiger partial charge in [-0.3, -0.25) is 4.79 Å². The number of rotatable bonds is 7. The third-order valence-electron chi connectivity index (χ3n) is 4.04. The lowest BCUT2D eigenvalue weighted by molar-refractivity contribution is 0.0600. The summed E-state index contributed by atoms with van der Waals surface area (Å²) in [5.41, 5.74) is 2.18. The number of ether oxygens (including phenoxy) is 2. The Bertz CT molecular complexity index is 1000. The molecule has 0 fully saturated rings. The van der Waals surface area contributed by atoms with Crippen LogP contribution in [0.15, 0.2) is 66.9 Å². The predicted octanol–water partition coefficient (Wildman–Crippen LogP) is 4.26. The van der Waals surface area contributed by atoms with E-state index in [0.29, 0.717) is 35.0 Å². The summed E-state index contributed by atoms with van der Waals surface area (Å²) in [5, 5.41) is 5.97. The first-order valence-electron chi connectivity index (χ1n) is 9.05. The number of hydrogen-bond donors (Lipinski definition) is 2. The Balaban J connectivity index is 1.72. The molecule has 1 amide bonds. The number of aromatic nitrogens is 1. The Hall–Kier alpha value is -3.87. The molecule has 0 aliphatic heterocycles. The molecule has 1 aromatic heterocycles. The number of nitrogens with one attached hydrogen (secondary N) is 2. The van der Waals surface area contributed by atoms with E-state index in [9.17, 15) is 9.59 Å². The van der Waals surface area contributed by atoms with Gasteiger partial charge < -0.3 is 20.1 Å². The zero-order chi connectivity index (χ0) is 20.6. The summed E-state index contributed by atoms with van der Waals surface area (Å²) in [6, 6.07) is 17.3. The van der Waals surface area contributed by atoms with Gasteiger partial charge in [0.1, 0.15) is 11.6 Å². The van der Waals surface area contributed by atoms with Crippen LogP contribution < -0.4 is 15.4 Å². The first kappa shape index (κ1) is 19.9. The van der Waals surface area contributed by atoms with E-state index in [-0.39, 0.29) is 5.91 Å². The second-order valence-corrected chi connectivity index (χ2v) is 6.01. The van der Waals surface area contributed by atoms with Crippen LogP contribution in [0.4, 0.5) is 17.2 Å². The molecule has 1 heterocycles. The van der Waals surface area contributed by atoms with E-state index in [1.807, 2.05) is 31.2 Å². The van der Waals surface area contributed by atoms with E-state index >= 15 is 0 Å². The minimum atomic E-state index is -0.430. The average Bonchev–Trinajstić information content (AvgIpc) is 2.75. The average molecular weight is 391 g/mol. The molecule has 0 spiro atoms. The number of pyridine rings is 1. The molecule has 0 saturated heterocycles. The van der Waals surface area contributed by atoms with Crippen molar-refractivity contribution in [2.75, 3.05) is 24.4 Å². The van der Waals surface area contributed by atoms with Gasteiger partial charge in [0.25, 0.3) is 5.91 Å². The molecule has 0 aliphatic rings. The molecule has 2 aromatic carbocycles. The van der Waals surface area contributed by atoms with E-state index in [0.717, 1.165) is 5.69 Å². The van der Waals surface area contributed by atoms with Gasteiger partial charge in [-0.2, -0.15) is 0 Å². The van der Waals surface area contributed by atoms with E-state index in [1.165, 1.54) is 7.11 Å². The van der Waals surface area contributed by atoms with Gasteiger partial charge in [-0.1, -0.05) is 12.1 Å². The quantitative estimate of drug-likeness (QED) is 0.585. The minimum absolute atomic E-state index is 0.292. The molecule has 0 atom stereocenters. The molecule has 7 nitrogen and oxygen atoms in total. The number of anilines is 3. The molecule has 3 aromatic rings. The Labute approximate surface area is 168 Å². The Morgan fingerprint density at radius 3 is 2.48 bits per heavy atom. The van der Waals surface area contributed by atoms with Crippen molar-refractivity contribution in [3.8, 4) is 5.75 Å². The smallest absolute Gasteiger partial charge is 0.337 e. The van der Waals surface area contributed by atoms with Crippen molar-refractivity contribution in [3.05, 3.63) is 78.0 Å². The van der Waals surface area contributed by atoms with Crippen molar-refractivity contribution in [3.63, 3.8) is 0 Å². The van der Waals surface area contributed by atoms with E-state index in [2.05, 4.69) is 20.4 Å². The van der Waals surface area contributed by atoms with E-state index in [4.69, 9.17) is 4.74 Å². The molecule has 0 radical (unpaired) electrons. The van der Waals surface area contributed by atoms with Crippen LogP contribution in [0.25, 0.3) is 0 Å². The summed E-state index contributed by atoms with van der Waals surface area (Å²) in [5.74, 6) is 0.502. The van der Waals surface area contributed by atoms with Gasteiger partial charge >= 0.3 is 5.97 Å². The van der Waals surface area contributed by atoms with Gasteiger partial charge in [-0.15, -0.1) is 0 Å². The molecule has 0 aliphatic carbocycles. The normalized spacial score (nSPS) is 10.1. The van der Waals surface area contributed by atoms with Crippen LogP contribution in [0.2, 0.25) is 0 Å². The number of benzene rings is 2. The number of carbonyl (C=O) groups excluding carboxylic acids is 2. The molecule has 0 unspecified atom stereocenters. The van der Waals surface area contributed by atoms with Gasteiger partial charge in [-0.05, 0) is 55.5 Å². The second kappa shape index (κ2) is 9.36. The fourth-order valence-corrected chi connectivity index (χ4v) is 2.64. The summed E-state index contributed by atoms with van der Waals surface area (Å²) < 4.78 is 10.3. The molecule has 2 N–H and O–H groups in total. The van der Waals surface area contributed by atoms with Crippen molar-refractivity contribution in [2.24, 2.45) is 0 Å². The lowest BCUT2D eigenvalue weighted by atomic mass is 10.2. The highest BCUT2D eigenvalue weighted by Crippen LogP contribution is 2.27. The molecule has 0 bridgehead atoms. The second-order valence-electron chi connectivity index (χ2n) is 6.01.